The lowest BCUT2D eigenvalue weighted by Crippen LogP contribution is -2.22. The normalized spacial score (nSPS) is 21.6. The van der Waals surface area contributed by atoms with Gasteiger partial charge in [0, 0.05) is 23.2 Å². The smallest absolute Gasteiger partial charge is 0.162 e. The zero-order valence-electron chi connectivity index (χ0n) is 12.1. The molecule has 0 radical (unpaired) electrons. The molecule has 1 N–H and O–H groups in total. The van der Waals surface area contributed by atoms with E-state index in [4.69, 9.17) is 9.73 Å². The van der Waals surface area contributed by atoms with Crippen molar-refractivity contribution in [2.24, 2.45) is 4.99 Å². The molecule has 1 unspecified atom stereocenters. The van der Waals surface area contributed by atoms with E-state index in [2.05, 4.69) is 29.4 Å². The van der Waals surface area contributed by atoms with Crippen LogP contribution in [-0.2, 0) is 10.5 Å². The Bertz CT molecular complexity index is 774. The van der Waals surface area contributed by atoms with Gasteiger partial charge in [0.05, 0.1) is 12.0 Å². The number of fused-ring (bicyclic) bond motifs is 3. The Morgan fingerprint density at radius 1 is 1.32 bits per heavy atom. The number of aromatic nitrogens is 1. The second kappa shape index (κ2) is 5.50. The maximum Gasteiger partial charge on any atom is 0.162 e. The van der Waals surface area contributed by atoms with E-state index in [0.29, 0.717) is 0 Å². The van der Waals surface area contributed by atoms with Crippen molar-refractivity contribution in [2.45, 2.75) is 18.7 Å². The average molecular weight is 309 g/mol. The average Bonchev–Trinajstić information content (AvgIpc) is 2.98. The van der Waals surface area contributed by atoms with Crippen LogP contribution in [0.4, 0.5) is 0 Å². The van der Waals surface area contributed by atoms with Crippen molar-refractivity contribution >= 4 is 16.9 Å². The minimum Gasteiger partial charge on any atom is -0.465 e. The molecule has 1 atom stereocenters. The zero-order chi connectivity index (χ0) is 14.9. The molecule has 0 spiro atoms. The third-order valence-corrected chi connectivity index (χ3v) is 4.70. The highest BCUT2D eigenvalue weighted by Gasteiger charge is 2.31. The van der Waals surface area contributed by atoms with Gasteiger partial charge in [-0.2, -0.15) is 0 Å². The summed E-state index contributed by atoms with van der Waals surface area (Å²) in [5, 5.41) is 4.33. The molecule has 1 aromatic heterocycles. The van der Waals surface area contributed by atoms with E-state index in [0.717, 1.165) is 33.6 Å². The van der Waals surface area contributed by atoms with Crippen molar-refractivity contribution < 1.29 is 4.74 Å². The number of nitrogens with one attached hydrogen (secondary N) is 1. The van der Waals surface area contributed by atoms with Crippen molar-refractivity contribution in [1.82, 2.24) is 10.3 Å². The molecular formula is C17H15N3OS. The number of pyridine rings is 1. The first-order chi connectivity index (χ1) is 10.8. The van der Waals surface area contributed by atoms with Crippen LogP contribution in [0.3, 0.4) is 0 Å². The summed E-state index contributed by atoms with van der Waals surface area (Å²) in [6.45, 7) is 2.09. The van der Waals surface area contributed by atoms with Crippen LogP contribution >= 0.6 is 11.8 Å². The molecule has 0 saturated heterocycles. The Balaban J connectivity index is 1.51. The molecule has 110 valence electrons. The summed E-state index contributed by atoms with van der Waals surface area (Å²) in [6.07, 6.45) is 11.5. The number of ether oxygens (including phenoxy) is 1. The number of aliphatic imine (C=N–C) groups is 1. The monoisotopic (exact) mass is 309 g/mol. The molecule has 0 fully saturated rings. The topological polar surface area (TPSA) is 46.5 Å². The first-order valence-electron chi connectivity index (χ1n) is 7.15. The molecule has 3 heterocycles. The Kier molecular flexibility index (Phi) is 3.35. The standard InChI is InChI=1S/C17H15N3OS/c1-11-4-2-8-18-14(11)10-22-17-19-13-6-7-15-12(16(13)20-17)5-3-9-21-15/h2-9,16H,10H2,1H3,(H,19,20). The number of nitrogens with zero attached hydrogens (tertiary/aromatic N) is 2. The molecule has 5 heteroatoms. The fourth-order valence-electron chi connectivity index (χ4n) is 2.59. The van der Waals surface area contributed by atoms with Gasteiger partial charge in [0.1, 0.15) is 11.8 Å². The number of hydrogen-bond acceptors (Lipinski definition) is 5. The molecule has 0 bridgehead atoms. The van der Waals surface area contributed by atoms with Gasteiger partial charge >= 0.3 is 0 Å². The van der Waals surface area contributed by atoms with Crippen molar-refractivity contribution in [2.75, 3.05) is 0 Å². The summed E-state index contributed by atoms with van der Waals surface area (Å²) < 4.78 is 5.52. The molecule has 1 aliphatic carbocycles. The highest BCUT2D eigenvalue weighted by Crippen LogP contribution is 2.33. The van der Waals surface area contributed by atoms with Crippen LogP contribution in [0.25, 0.3) is 0 Å². The van der Waals surface area contributed by atoms with Crippen LogP contribution in [0.2, 0.25) is 0 Å². The van der Waals surface area contributed by atoms with E-state index in [1.54, 1.807) is 18.0 Å². The highest BCUT2D eigenvalue weighted by atomic mass is 32.2. The van der Waals surface area contributed by atoms with Gasteiger partial charge in [-0.1, -0.05) is 17.8 Å². The summed E-state index contributed by atoms with van der Waals surface area (Å²) in [6, 6.07) is 4.07. The van der Waals surface area contributed by atoms with Gasteiger partial charge in [0.2, 0.25) is 0 Å². The number of rotatable bonds is 2. The molecule has 22 heavy (non-hydrogen) atoms. The summed E-state index contributed by atoms with van der Waals surface area (Å²) in [7, 11) is 0. The fourth-order valence-corrected chi connectivity index (χ4v) is 3.54. The van der Waals surface area contributed by atoms with Crippen molar-refractivity contribution in [3.8, 4) is 0 Å². The molecule has 0 aromatic carbocycles. The van der Waals surface area contributed by atoms with E-state index in [1.807, 2.05) is 30.5 Å². The largest absolute Gasteiger partial charge is 0.465 e. The van der Waals surface area contributed by atoms with E-state index in [9.17, 15) is 0 Å². The second-order valence-electron chi connectivity index (χ2n) is 5.24. The minimum absolute atomic E-state index is 0.0253. The molecule has 0 amide bonds. The number of aryl methyl sites for hydroxylation is 1. The van der Waals surface area contributed by atoms with Crippen molar-refractivity contribution in [3.05, 3.63) is 77.2 Å². The van der Waals surface area contributed by atoms with Crippen LogP contribution < -0.4 is 5.32 Å². The summed E-state index contributed by atoms with van der Waals surface area (Å²) in [4.78, 5) is 9.22. The lowest BCUT2D eigenvalue weighted by atomic mass is 9.97. The maximum atomic E-state index is 5.52. The quantitative estimate of drug-likeness (QED) is 0.911. The third-order valence-electron chi connectivity index (χ3n) is 3.80. The molecule has 4 nitrogen and oxygen atoms in total. The van der Waals surface area contributed by atoms with Crippen LogP contribution in [0.15, 0.2) is 70.9 Å². The SMILES string of the molecule is Cc1cccnc1CSC1=NC2C(=CC=C3OC=CC=C32)N1. The zero-order valence-corrected chi connectivity index (χ0v) is 12.9. The van der Waals surface area contributed by atoms with Crippen LogP contribution in [0.1, 0.15) is 11.3 Å². The van der Waals surface area contributed by atoms with E-state index in [1.165, 1.54) is 5.56 Å². The second-order valence-corrected chi connectivity index (χ2v) is 6.20. The molecule has 2 aliphatic heterocycles. The Hall–Kier alpha value is -2.27. The number of thioether (sulfide) groups is 1. The summed E-state index contributed by atoms with van der Waals surface area (Å²) in [5.41, 5.74) is 4.52. The predicted octanol–water partition coefficient (Wildman–Crippen LogP) is 3.20. The number of amidine groups is 1. The van der Waals surface area contributed by atoms with E-state index >= 15 is 0 Å². The first-order valence-corrected chi connectivity index (χ1v) is 8.13. The Morgan fingerprint density at radius 3 is 3.18 bits per heavy atom. The van der Waals surface area contributed by atoms with Gasteiger partial charge in [-0.25, -0.2) is 4.99 Å². The summed E-state index contributed by atoms with van der Waals surface area (Å²) >= 11 is 1.68. The number of hydrogen-bond donors (Lipinski definition) is 1. The predicted molar refractivity (Wildman–Crippen MR) is 89.1 cm³/mol. The Morgan fingerprint density at radius 2 is 2.27 bits per heavy atom. The van der Waals surface area contributed by atoms with Gasteiger partial charge < -0.3 is 10.1 Å². The van der Waals surface area contributed by atoms with Gasteiger partial charge in [-0.15, -0.1) is 0 Å². The molecular weight excluding hydrogens is 294 g/mol. The van der Waals surface area contributed by atoms with Crippen molar-refractivity contribution in [1.29, 1.82) is 0 Å². The molecule has 1 aromatic rings. The third kappa shape index (κ3) is 2.37. The fraction of sp³-hybridized carbons (Fsp3) is 0.176. The maximum absolute atomic E-state index is 5.52. The van der Waals surface area contributed by atoms with E-state index < -0.39 is 0 Å². The minimum atomic E-state index is 0.0253. The van der Waals surface area contributed by atoms with E-state index in [-0.39, 0.29) is 6.04 Å². The van der Waals surface area contributed by atoms with Gasteiger partial charge in [-0.05, 0) is 42.9 Å². The Labute approximate surface area is 133 Å². The van der Waals surface area contributed by atoms with Gasteiger partial charge in [0.25, 0.3) is 0 Å². The molecule has 4 rings (SSSR count). The van der Waals surface area contributed by atoms with Gasteiger partial charge in [0.15, 0.2) is 5.17 Å². The van der Waals surface area contributed by atoms with Gasteiger partial charge in [-0.3, -0.25) is 4.98 Å². The molecule has 0 saturated carbocycles. The highest BCUT2D eigenvalue weighted by molar-refractivity contribution is 8.13. The summed E-state index contributed by atoms with van der Waals surface area (Å²) in [5.74, 6) is 1.70. The van der Waals surface area contributed by atoms with Crippen LogP contribution in [0.5, 0.6) is 0 Å². The molecule has 3 aliphatic rings. The lowest BCUT2D eigenvalue weighted by molar-refractivity contribution is 0.351. The first kappa shape index (κ1) is 13.4. The number of allylic oxidation sites excluding steroid dienone is 4. The lowest BCUT2D eigenvalue weighted by Gasteiger charge is -2.21. The van der Waals surface area contributed by atoms with Crippen LogP contribution in [0, 0.1) is 6.92 Å². The van der Waals surface area contributed by atoms with Crippen LogP contribution in [-0.4, -0.2) is 16.2 Å². The van der Waals surface area contributed by atoms with Crippen molar-refractivity contribution in [3.63, 3.8) is 0 Å².